The summed E-state index contributed by atoms with van der Waals surface area (Å²) in [6, 6.07) is 17.8. The number of carbonyl (C=O) groups excluding carboxylic acids is 3. The third-order valence-corrected chi connectivity index (χ3v) is 7.42. The lowest BCUT2D eigenvalue weighted by atomic mass is 9.90. The number of H-pyrrole nitrogens is 1. The third kappa shape index (κ3) is 4.59. The van der Waals surface area contributed by atoms with Crippen LogP contribution in [0.25, 0.3) is 0 Å². The van der Waals surface area contributed by atoms with Crippen LogP contribution in [0.3, 0.4) is 0 Å². The van der Waals surface area contributed by atoms with Crippen molar-refractivity contribution in [3.63, 3.8) is 0 Å². The standard InChI is InChI=1S/C29H26N6O4/c36-27(21-5-3-12-30-19-21)20-8-10-22(11-9-20)33-17-15-32(16-18-33)13-4-14-34-26-25(31-35(34)39)28(37)23-6-1-2-7-24(23)29(26)38/h1-3,5-12,19H,4,13-18H2/p+1. The molecule has 1 N–H and O–H groups in total. The molecule has 0 atom stereocenters. The maximum absolute atomic E-state index is 13.1. The Morgan fingerprint density at radius 3 is 2.26 bits per heavy atom. The molecule has 0 amide bonds. The lowest BCUT2D eigenvalue weighted by molar-refractivity contribution is -0.652. The maximum atomic E-state index is 13.1. The zero-order chi connectivity index (χ0) is 26.9. The van der Waals surface area contributed by atoms with Crippen molar-refractivity contribution in [2.45, 2.75) is 13.0 Å². The Morgan fingerprint density at radius 1 is 0.846 bits per heavy atom. The van der Waals surface area contributed by atoms with Crippen molar-refractivity contribution in [1.82, 2.24) is 19.7 Å². The van der Waals surface area contributed by atoms with Gasteiger partial charge in [0.2, 0.25) is 11.6 Å². The van der Waals surface area contributed by atoms with Crippen molar-refractivity contribution in [2.24, 2.45) is 0 Å². The van der Waals surface area contributed by atoms with E-state index in [0.29, 0.717) is 39.9 Å². The molecule has 10 heteroatoms. The van der Waals surface area contributed by atoms with Crippen LogP contribution in [-0.2, 0) is 6.54 Å². The van der Waals surface area contributed by atoms with E-state index in [2.05, 4.69) is 19.9 Å². The highest BCUT2D eigenvalue weighted by atomic mass is 16.3. The first-order valence-electron chi connectivity index (χ1n) is 13.0. The largest absolute Gasteiger partial charge is 0.369 e. The number of nitrogens with one attached hydrogen (secondary N) is 1. The number of hydrogen-bond donors (Lipinski definition) is 1. The fourth-order valence-electron chi connectivity index (χ4n) is 5.32. The minimum atomic E-state index is -0.339. The van der Waals surface area contributed by atoms with Crippen LogP contribution in [-0.4, -0.2) is 69.7 Å². The smallest absolute Gasteiger partial charge is 0.258 e. The van der Waals surface area contributed by atoms with E-state index in [9.17, 15) is 19.3 Å². The van der Waals surface area contributed by atoms with E-state index in [0.717, 1.165) is 38.4 Å². The van der Waals surface area contributed by atoms with Gasteiger partial charge in [0.25, 0.3) is 4.66 Å². The third-order valence-electron chi connectivity index (χ3n) is 7.42. The van der Waals surface area contributed by atoms with E-state index in [4.69, 9.17) is 0 Å². The van der Waals surface area contributed by atoms with Crippen LogP contribution in [0, 0.1) is 4.91 Å². The van der Waals surface area contributed by atoms with Crippen LogP contribution in [0.15, 0.2) is 73.1 Å². The van der Waals surface area contributed by atoms with Gasteiger partial charge in [0.05, 0.1) is 11.5 Å². The monoisotopic (exact) mass is 523 g/mol. The number of fused-ring (bicyclic) bond motifs is 2. The number of nitrogens with zero attached hydrogens (tertiary/aromatic N) is 5. The van der Waals surface area contributed by atoms with Crippen LogP contribution in [0.1, 0.15) is 54.4 Å². The molecule has 0 radical (unpaired) electrons. The van der Waals surface area contributed by atoms with E-state index in [1.807, 2.05) is 24.3 Å². The predicted octanol–water partition coefficient (Wildman–Crippen LogP) is 2.34. The van der Waals surface area contributed by atoms with E-state index >= 15 is 0 Å². The number of ketones is 3. The van der Waals surface area contributed by atoms with Gasteiger partial charge in [0, 0.05) is 73.1 Å². The number of benzene rings is 2. The van der Waals surface area contributed by atoms with Crippen LogP contribution in [0.5, 0.6) is 0 Å². The number of carbonyl (C=O) groups is 3. The summed E-state index contributed by atoms with van der Waals surface area (Å²) in [5.74, 6) is -0.697. The molecule has 10 nitrogen and oxygen atoms in total. The fourth-order valence-corrected chi connectivity index (χ4v) is 5.32. The normalized spacial score (nSPS) is 15.2. The molecule has 4 aromatic rings. The highest BCUT2D eigenvalue weighted by Gasteiger charge is 2.38. The fraction of sp³-hybridized carbons (Fsp3) is 0.241. The lowest BCUT2D eigenvalue weighted by Gasteiger charge is -2.36. The number of aromatic nitrogens is 4. The summed E-state index contributed by atoms with van der Waals surface area (Å²) >= 11 is 0. The van der Waals surface area contributed by atoms with Crippen molar-refractivity contribution >= 4 is 23.0 Å². The first kappa shape index (κ1) is 24.6. The minimum Gasteiger partial charge on any atom is -0.369 e. The summed E-state index contributed by atoms with van der Waals surface area (Å²) in [6.07, 6.45) is 3.88. The highest BCUT2D eigenvalue weighted by molar-refractivity contribution is 6.26. The molecule has 2 aliphatic rings. The summed E-state index contributed by atoms with van der Waals surface area (Å²) in [5, 5.41) is 2.53. The Labute approximate surface area is 224 Å². The first-order valence-corrected chi connectivity index (χ1v) is 13.0. The molecule has 196 valence electrons. The Morgan fingerprint density at radius 2 is 1.56 bits per heavy atom. The molecule has 0 spiro atoms. The average molecular weight is 524 g/mol. The molecule has 0 unspecified atom stereocenters. The topological polar surface area (TPSA) is 114 Å². The van der Waals surface area contributed by atoms with Gasteiger partial charge in [-0.3, -0.25) is 24.3 Å². The number of pyridine rings is 1. The van der Waals surface area contributed by atoms with Gasteiger partial charge in [-0.25, -0.2) is 0 Å². The number of aromatic amines is 1. The second kappa shape index (κ2) is 10.2. The second-order valence-electron chi connectivity index (χ2n) is 9.74. The average Bonchev–Trinajstić information content (AvgIpc) is 3.32. The van der Waals surface area contributed by atoms with Gasteiger partial charge >= 0.3 is 0 Å². The SMILES string of the molecule is O=C(c1ccc(N2CCN(CCCn3c4c([nH][n+]3=O)C(=O)c3ccccc3C4=O)CC2)cc1)c1cccnc1. The Balaban J connectivity index is 1.04. The summed E-state index contributed by atoms with van der Waals surface area (Å²) in [4.78, 5) is 59.7. The van der Waals surface area contributed by atoms with Gasteiger partial charge in [0.1, 0.15) is 0 Å². The number of anilines is 1. The van der Waals surface area contributed by atoms with Gasteiger partial charge < -0.3 is 4.90 Å². The zero-order valence-corrected chi connectivity index (χ0v) is 21.2. The summed E-state index contributed by atoms with van der Waals surface area (Å²) in [5.41, 5.74) is 3.10. The van der Waals surface area contributed by atoms with Crippen molar-refractivity contribution in [1.29, 1.82) is 0 Å². The van der Waals surface area contributed by atoms with E-state index in [1.165, 1.54) is 4.68 Å². The lowest BCUT2D eigenvalue weighted by Crippen LogP contribution is -2.47. The summed E-state index contributed by atoms with van der Waals surface area (Å²) in [6.45, 7) is 4.48. The predicted molar refractivity (Wildman–Crippen MR) is 143 cm³/mol. The Bertz CT molecular complexity index is 1620. The molecule has 1 fully saturated rings. The molecule has 1 saturated heterocycles. The van der Waals surface area contributed by atoms with E-state index in [1.54, 1.807) is 48.8 Å². The number of piperazine rings is 1. The van der Waals surface area contributed by atoms with Crippen LogP contribution in [0.4, 0.5) is 5.69 Å². The molecule has 39 heavy (non-hydrogen) atoms. The van der Waals surface area contributed by atoms with Crippen LogP contribution >= 0.6 is 0 Å². The van der Waals surface area contributed by atoms with Gasteiger partial charge in [-0.2, -0.15) is 0 Å². The van der Waals surface area contributed by atoms with Crippen molar-refractivity contribution in [3.8, 4) is 0 Å². The quantitative estimate of drug-likeness (QED) is 0.257. The molecule has 3 heterocycles. The minimum absolute atomic E-state index is 0.0456. The van der Waals surface area contributed by atoms with Gasteiger partial charge in [-0.05, 0) is 42.8 Å². The highest BCUT2D eigenvalue weighted by Crippen LogP contribution is 2.25. The number of rotatable bonds is 7. The molecule has 0 bridgehead atoms. The second-order valence-corrected chi connectivity index (χ2v) is 9.74. The molecule has 2 aromatic carbocycles. The molecule has 0 saturated carbocycles. The molecule has 1 aliphatic carbocycles. The van der Waals surface area contributed by atoms with Gasteiger partial charge in [-0.15, -0.1) is 0 Å². The molecular weight excluding hydrogens is 496 g/mol. The van der Waals surface area contributed by atoms with Crippen molar-refractivity contribution in [3.05, 3.63) is 112 Å². The zero-order valence-electron chi connectivity index (χ0n) is 21.2. The summed E-state index contributed by atoms with van der Waals surface area (Å²) in [7, 11) is 0. The van der Waals surface area contributed by atoms with Crippen molar-refractivity contribution in [2.75, 3.05) is 37.6 Å². The maximum Gasteiger partial charge on any atom is 0.258 e. The molecule has 1 aliphatic heterocycles. The van der Waals surface area contributed by atoms with Crippen molar-refractivity contribution < 1.29 is 19.0 Å². The van der Waals surface area contributed by atoms with Gasteiger partial charge in [-0.1, -0.05) is 34.0 Å². The number of hydrogen-bond acceptors (Lipinski definition) is 7. The molecular formula is C29H27N6O4+. The first-order chi connectivity index (χ1) is 19.0. The van der Waals surface area contributed by atoms with E-state index < -0.39 is 0 Å². The van der Waals surface area contributed by atoms with Crippen LogP contribution in [0.2, 0.25) is 0 Å². The Hall–Kier alpha value is -4.70. The molecule has 6 rings (SSSR count). The summed E-state index contributed by atoms with van der Waals surface area (Å²) < 4.78 is 1.82. The van der Waals surface area contributed by atoms with Crippen LogP contribution < -0.4 is 9.56 Å². The van der Waals surface area contributed by atoms with Gasteiger partial charge in [0.15, 0.2) is 17.2 Å². The Kier molecular flexibility index (Phi) is 6.45. The molecule has 2 aromatic heterocycles. The van der Waals surface area contributed by atoms with E-state index in [-0.39, 0.29) is 28.7 Å².